The molecule has 0 bridgehead atoms. The van der Waals surface area contributed by atoms with E-state index in [1.165, 1.54) is 64.0 Å². The van der Waals surface area contributed by atoms with Crippen LogP contribution in [0, 0.1) is 0 Å². The summed E-state index contributed by atoms with van der Waals surface area (Å²) in [6.07, 6.45) is 0. The van der Waals surface area contributed by atoms with Crippen LogP contribution in [0.25, 0.3) is 64.0 Å². The van der Waals surface area contributed by atoms with E-state index in [-0.39, 0.29) is 0 Å². The highest BCUT2D eigenvalue weighted by Gasteiger charge is 2.15. The average Bonchev–Trinajstić information content (AvgIpc) is 3.50. The van der Waals surface area contributed by atoms with Crippen molar-refractivity contribution < 1.29 is 0 Å². The number of fused-ring (bicyclic) bond motifs is 5. The highest BCUT2D eigenvalue weighted by atomic mass is 32.1. The Labute approximate surface area is 272 Å². The van der Waals surface area contributed by atoms with E-state index < -0.39 is 0 Å². The molecule has 0 aliphatic rings. The van der Waals surface area contributed by atoms with Crippen LogP contribution in [0.2, 0.25) is 0 Å². The molecule has 0 N–H and O–H groups in total. The van der Waals surface area contributed by atoms with Gasteiger partial charge in [0.15, 0.2) is 0 Å². The molecule has 0 radical (unpaired) electrons. The van der Waals surface area contributed by atoms with Crippen molar-refractivity contribution in [3.8, 4) is 22.3 Å². The Hall–Kier alpha value is -5.70. The molecule has 1 heterocycles. The molecule has 9 rings (SSSR count). The fourth-order valence-electron chi connectivity index (χ4n) is 6.67. The monoisotopic (exact) mass is 603 g/mol. The molecule has 216 valence electrons. The van der Waals surface area contributed by atoms with Crippen LogP contribution in [0.4, 0.5) is 17.1 Å². The van der Waals surface area contributed by atoms with E-state index in [9.17, 15) is 0 Å². The van der Waals surface area contributed by atoms with Crippen molar-refractivity contribution in [3.63, 3.8) is 0 Å². The average molecular weight is 604 g/mol. The van der Waals surface area contributed by atoms with Gasteiger partial charge in [-0.2, -0.15) is 0 Å². The highest BCUT2D eigenvalue weighted by Crippen LogP contribution is 2.40. The Morgan fingerprint density at radius 2 is 0.870 bits per heavy atom. The van der Waals surface area contributed by atoms with Crippen LogP contribution in [0.3, 0.4) is 0 Å². The zero-order valence-electron chi connectivity index (χ0n) is 25.1. The second-order valence-corrected chi connectivity index (χ2v) is 12.9. The van der Waals surface area contributed by atoms with Gasteiger partial charge in [-0.3, -0.25) is 0 Å². The van der Waals surface area contributed by atoms with E-state index in [0.717, 1.165) is 17.1 Å². The molecule has 46 heavy (non-hydrogen) atoms. The first-order valence-corrected chi connectivity index (χ1v) is 16.5. The zero-order valence-corrected chi connectivity index (χ0v) is 25.9. The molecule has 1 aromatic heterocycles. The van der Waals surface area contributed by atoms with Crippen molar-refractivity contribution in [2.45, 2.75) is 0 Å². The molecule has 0 spiro atoms. The van der Waals surface area contributed by atoms with Crippen molar-refractivity contribution in [3.05, 3.63) is 176 Å². The van der Waals surface area contributed by atoms with Gasteiger partial charge in [-0.05, 0) is 104 Å². The maximum atomic E-state index is 2.37. The fraction of sp³-hybridized carbons (Fsp3) is 0. The summed E-state index contributed by atoms with van der Waals surface area (Å²) in [7, 11) is 0. The van der Waals surface area contributed by atoms with Gasteiger partial charge in [0.25, 0.3) is 0 Å². The predicted molar refractivity (Wildman–Crippen MR) is 200 cm³/mol. The van der Waals surface area contributed by atoms with Gasteiger partial charge in [-0.15, -0.1) is 11.3 Å². The van der Waals surface area contributed by atoms with Gasteiger partial charge in [-0.1, -0.05) is 115 Å². The van der Waals surface area contributed by atoms with Crippen molar-refractivity contribution in [1.29, 1.82) is 0 Å². The number of benzene rings is 8. The zero-order chi connectivity index (χ0) is 30.5. The molecular weight excluding hydrogens is 575 g/mol. The third-order valence-electron chi connectivity index (χ3n) is 9.01. The van der Waals surface area contributed by atoms with Crippen LogP contribution in [0.1, 0.15) is 0 Å². The van der Waals surface area contributed by atoms with Crippen molar-refractivity contribution in [2.75, 3.05) is 4.90 Å². The van der Waals surface area contributed by atoms with Gasteiger partial charge >= 0.3 is 0 Å². The summed E-state index contributed by atoms with van der Waals surface area (Å²) in [4.78, 5) is 2.37. The van der Waals surface area contributed by atoms with Gasteiger partial charge in [0.2, 0.25) is 0 Å². The summed E-state index contributed by atoms with van der Waals surface area (Å²) >= 11 is 1.86. The summed E-state index contributed by atoms with van der Waals surface area (Å²) < 4.78 is 2.66. The lowest BCUT2D eigenvalue weighted by Crippen LogP contribution is -2.10. The van der Waals surface area contributed by atoms with Gasteiger partial charge < -0.3 is 4.90 Å². The van der Waals surface area contributed by atoms with Crippen molar-refractivity contribution >= 4 is 70.1 Å². The summed E-state index contributed by atoms with van der Waals surface area (Å²) in [6.45, 7) is 0. The molecule has 0 atom stereocenters. The molecule has 0 saturated carbocycles. The Balaban J connectivity index is 1.15. The smallest absolute Gasteiger partial charge is 0.0468 e. The second-order valence-electron chi connectivity index (χ2n) is 11.8. The molecule has 0 aliphatic heterocycles. The van der Waals surface area contributed by atoms with Gasteiger partial charge in [0.05, 0.1) is 0 Å². The van der Waals surface area contributed by atoms with E-state index in [0.29, 0.717) is 0 Å². The standard InChI is InChI=1S/C44H29NS/c1-3-10-33-26-36(17-16-30(33)8-1)32-18-22-38(23-19-32)45(40-24-20-31-9-2-4-11-34(31)27-40)39-13-7-12-35(28-39)37-21-25-44-42(29-37)41-14-5-6-15-43(41)46-44/h1-29H. The maximum Gasteiger partial charge on any atom is 0.0468 e. The van der Waals surface area contributed by atoms with Crippen LogP contribution in [-0.4, -0.2) is 0 Å². The molecule has 0 saturated heterocycles. The first-order valence-electron chi connectivity index (χ1n) is 15.7. The Morgan fingerprint density at radius 3 is 1.70 bits per heavy atom. The van der Waals surface area contributed by atoms with E-state index in [4.69, 9.17) is 0 Å². The van der Waals surface area contributed by atoms with Crippen molar-refractivity contribution in [2.24, 2.45) is 0 Å². The van der Waals surface area contributed by atoms with Crippen LogP contribution >= 0.6 is 11.3 Å². The van der Waals surface area contributed by atoms with Crippen LogP contribution in [-0.2, 0) is 0 Å². The maximum absolute atomic E-state index is 2.37. The van der Waals surface area contributed by atoms with Gasteiger partial charge in [0.1, 0.15) is 0 Å². The number of hydrogen-bond acceptors (Lipinski definition) is 2. The summed E-state index contributed by atoms with van der Waals surface area (Å²) in [5.74, 6) is 0. The molecule has 2 heteroatoms. The van der Waals surface area contributed by atoms with Gasteiger partial charge in [0, 0.05) is 37.2 Å². The lowest BCUT2D eigenvalue weighted by Gasteiger charge is -2.26. The predicted octanol–water partition coefficient (Wildman–Crippen LogP) is 13.2. The second kappa shape index (κ2) is 11.0. The number of anilines is 3. The van der Waals surface area contributed by atoms with E-state index in [1.54, 1.807) is 0 Å². The minimum atomic E-state index is 1.12. The number of hydrogen-bond donors (Lipinski definition) is 0. The molecule has 0 aliphatic carbocycles. The van der Waals surface area contributed by atoms with Gasteiger partial charge in [-0.25, -0.2) is 0 Å². The van der Waals surface area contributed by atoms with E-state index >= 15 is 0 Å². The molecule has 9 aromatic rings. The molecule has 0 unspecified atom stereocenters. The fourth-order valence-corrected chi connectivity index (χ4v) is 7.75. The summed E-state index contributed by atoms with van der Waals surface area (Å²) in [5.41, 5.74) is 8.24. The normalized spacial score (nSPS) is 11.5. The Kier molecular flexibility index (Phi) is 6.40. The summed E-state index contributed by atoms with van der Waals surface area (Å²) in [6, 6.07) is 64.1. The third kappa shape index (κ3) is 4.72. The Morgan fingerprint density at radius 1 is 0.304 bits per heavy atom. The molecular formula is C44H29NS. The highest BCUT2D eigenvalue weighted by molar-refractivity contribution is 7.25. The van der Waals surface area contributed by atoms with Crippen LogP contribution < -0.4 is 4.90 Å². The molecule has 8 aromatic carbocycles. The quantitative estimate of drug-likeness (QED) is 0.189. The SMILES string of the molecule is c1cc(-c2ccc3sc4ccccc4c3c2)cc(N(c2ccc(-c3ccc4ccccc4c3)cc2)c2ccc3ccccc3c2)c1. The minimum Gasteiger partial charge on any atom is -0.310 e. The number of nitrogens with zero attached hydrogens (tertiary/aromatic N) is 1. The molecule has 0 fully saturated rings. The van der Waals surface area contributed by atoms with Crippen LogP contribution in [0.15, 0.2) is 176 Å². The minimum absolute atomic E-state index is 1.12. The molecule has 1 nitrogen and oxygen atoms in total. The van der Waals surface area contributed by atoms with E-state index in [1.807, 2.05) is 11.3 Å². The number of thiophene rings is 1. The summed E-state index contributed by atoms with van der Waals surface area (Å²) in [5, 5.41) is 7.62. The topological polar surface area (TPSA) is 3.24 Å². The third-order valence-corrected chi connectivity index (χ3v) is 10.2. The molecule has 0 amide bonds. The largest absolute Gasteiger partial charge is 0.310 e. The van der Waals surface area contributed by atoms with Crippen molar-refractivity contribution in [1.82, 2.24) is 0 Å². The first kappa shape index (κ1) is 26.7. The lowest BCUT2D eigenvalue weighted by molar-refractivity contribution is 1.29. The van der Waals surface area contributed by atoms with E-state index in [2.05, 4.69) is 181 Å². The number of rotatable bonds is 5. The Bertz CT molecular complexity index is 2540. The lowest BCUT2D eigenvalue weighted by atomic mass is 10.00. The first-order chi connectivity index (χ1) is 22.8. The van der Waals surface area contributed by atoms with Crippen LogP contribution in [0.5, 0.6) is 0 Å².